The van der Waals surface area contributed by atoms with E-state index in [0.717, 1.165) is 11.3 Å². The van der Waals surface area contributed by atoms with Gasteiger partial charge in [-0.25, -0.2) is 0 Å². The first-order valence-electron chi connectivity index (χ1n) is 6.60. The average Bonchev–Trinajstić information content (AvgIpc) is 2.71. The molecular formula is C13H22N4O2. The monoisotopic (exact) mass is 266 g/mol. The summed E-state index contributed by atoms with van der Waals surface area (Å²) in [5.41, 5.74) is 7.42. The number of aromatic nitrogens is 2. The van der Waals surface area contributed by atoms with Gasteiger partial charge in [0.1, 0.15) is 0 Å². The molecule has 0 saturated carbocycles. The van der Waals surface area contributed by atoms with Crippen molar-refractivity contribution in [1.29, 1.82) is 0 Å². The molecule has 19 heavy (non-hydrogen) atoms. The molecule has 1 aromatic heterocycles. The Morgan fingerprint density at radius 2 is 2.21 bits per heavy atom. The Kier molecular flexibility index (Phi) is 3.91. The highest BCUT2D eigenvalue weighted by Crippen LogP contribution is 2.21. The minimum absolute atomic E-state index is 0.0931. The number of hydrogen-bond donors (Lipinski definition) is 2. The van der Waals surface area contributed by atoms with Gasteiger partial charge >= 0.3 is 0 Å². The van der Waals surface area contributed by atoms with Gasteiger partial charge in [-0.3, -0.25) is 9.48 Å². The van der Waals surface area contributed by atoms with Crippen molar-refractivity contribution in [2.24, 2.45) is 12.8 Å². The Morgan fingerprint density at radius 1 is 1.58 bits per heavy atom. The van der Waals surface area contributed by atoms with E-state index in [1.54, 1.807) is 10.9 Å². The maximum absolute atomic E-state index is 12.3. The Hall–Kier alpha value is -1.40. The molecule has 1 aromatic rings. The zero-order valence-corrected chi connectivity index (χ0v) is 11.8. The lowest BCUT2D eigenvalue weighted by atomic mass is 9.90. The normalized spacial score (nSPS) is 20.0. The SMILES string of the molecule is Cc1c(C(C)NC(=O)C2(N)CCOCC2)cnn1C. The van der Waals surface area contributed by atoms with Gasteiger partial charge in [-0.15, -0.1) is 0 Å². The molecule has 0 radical (unpaired) electrons. The van der Waals surface area contributed by atoms with Crippen LogP contribution >= 0.6 is 0 Å². The minimum Gasteiger partial charge on any atom is -0.381 e. The van der Waals surface area contributed by atoms with E-state index in [-0.39, 0.29) is 11.9 Å². The van der Waals surface area contributed by atoms with E-state index in [2.05, 4.69) is 10.4 Å². The fourth-order valence-electron chi connectivity index (χ4n) is 2.32. The Balaban J connectivity index is 2.04. The molecule has 1 fully saturated rings. The molecule has 3 N–H and O–H groups in total. The van der Waals surface area contributed by atoms with Gasteiger partial charge in [0.25, 0.3) is 0 Å². The van der Waals surface area contributed by atoms with Crippen molar-refractivity contribution in [1.82, 2.24) is 15.1 Å². The smallest absolute Gasteiger partial charge is 0.240 e. The van der Waals surface area contributed by atoms with E-state index in [9.17, 15) is 4.79 Å². The molecule has 1 unspecified atom stereocenters. The number of aryl methyl sites for hydroxylation is 1. The molecule has 0 aromatic carbocycles. The van der Waals surface area contributed by atoms with Crippen LogP contribution in [-0.2, 0) is 16.6 Å². The first-order chi connectivity index (χ1) is 8.94. The van der Waals surface area contributed by atoms with Crippen LogP contribution in [0.3, 0.4) is 0 Å². The van der Waals surface area contributed by atoms with Gasteiger partial charge in [0.05, 0.1) is 17.8 Å². The van der Waals surface area contributed by atoms with E-state index in [1.807, 2.05) is 20.9 Å². The Morgan fingerprint density at radius 3 is 2.74 bits per heavy atom. The molecule has 1 aliphatic heterocycles. The lowest BCUT2D eigenvalue weighted by Crippen LogP contribution is -2.57. The first kappa shape index (κ1) is 14.0. The highest BCUT2D eigenvalue weighted by atomic mass is 16.5. The summed E-state index contributed by atoms with van der Waals surface area (Å²) in [6.45, 7) is 5.02. The third-order valence-corrected chi connectivity index (χ3v) is 3.92. The summed E-state index contributed by atoms with van der Waals surface area (Å²) < 4.78 is 7.05. The van der Waals surface area contributed by atoms with Crippen LogP contribution in [0.5, 0.6) is 0 Å². The molecule has 2 heterocycles. The van der Waals surface area contributed by atoms with Crippen molar-refractivity contribution >= 4 is 5.91 Å². The zero-order valence-electron chi connectivity index (χ0n) is 11.8. The van der Waals surface area contributed by atoms with Gasteiger partial charge in [-0.05, 0) is 26.7 Å². The lowest BCUT2D eigenvalue weighted by molar-refractivity contribution is -0.130. The number of ether oxygens (including phenoxy) is 1. The molecule has 1 amide bonds. The van der Waals surface area contributed by atoms with Crippen molar-refractivity contribution in [3.63, 3.8) is 0 Å². The van der Waals surface area contributed by atoms with Crippen LogP contribution in [0, 0.1) is 6.92 Å². The van der Waals surface area contributed by atoms with Crippen molar-refractivity contribution in [3.8, 4) is 0 Å². The van der Waals surface area contributed by atoms with Crippen LogP contribution in [0.25, 0.3) is 0 Å². The molecule has 2 rings (SSSR count). The van der Waals surface area contributed by atoms with E-state index < -0.39 is 5.54 Å². The molecule has 1 aliphatic rings. The van der Waals surface area contributed by atoms with E-state index in [1.165, 1.54) is 0 Å². The molecule has 106 valence electrons. The number of rotatable bonds is 3. The molecule has 0 spiro atoms. The highest BCUT2D eigenvalue weighted by molar-refractivity contribution is 5.86. The summed E-state index contributed by atoms with van der Waals surface area (Å²) >= 11 is 0. The van der Waals surface area contributed by atoms with Crippen LogP contribution in [0.2, 0.25) is 0 Å². The molecule has 6 heteroatoms. The standard InChI is InChI=1S/C13H22N4O2/c1-9(11-8-15-17(3)10(11)2)16-12(18)13(14)4-6-19-7-5-13/h8-9H,4-7,14H2,1-3H3,(H,16,18). The second-order valence-electron chi connectivity index (χ2n) is 5.27. The van der Waals surface area contributed by atoms with Crippen molar-refractivity contribution in [2.45, 2.75) is 38.3 Å². The zero-order chi connectivity index (χ0) is 14.0. The van der Waals surface area contributed by atoms with Gasteiger partial charge in [0.15, 0.2) is 0 Å². The van der Waals surface area contributed by atoms with Gasteiger partial charge < -0.3 is 15.8 Å². The third-order valence-electron chi connectivity index (χ3n) is 3.92. The number of amides is 1. The van der Waals surface area contributed by atoms with E-state index in [0.29, 0.717) is 26.1 Å². The minimum atomic E-state index is -0.803. The second kappa shape index (κ2) is 5.30. The van der Waals surface area contributed by atoms with Crippen molar-refractivity contribution < 1.29 is 9.53 Å². The number of carbonyl (C=O) groups is 1. The molecule has 6 nitrogen and oxygen atoms in total. The maximum atomic E-state index is 12.3. The third kappa shape index (κ3) is 2.79. The summed E-state index contributed by atoms with van der Waals surface area (Å²) in [5, 5.41) is 7.18. The van der Waals surface area contributed by atoms with Crippen LogP contribution < -0.4 is 11.1 Å². The Bertz CT molecular complexity index is 463. The summed E-state index contributed by atoms with van der Waals surface area (Å²) in [6.07, 6.45) is 2.92. The van der Waals surface area contributed by atoms with Crippen LogP contribution in [0.4, 0.5) is 0 Å². The maximum Gasteiger partial charge on any atom is 0.240 e. The predicted octanol–water partition coefficient (Wildman–Crippen LogP) is 0.414. The van der Waals surface area contributed by atoms with Gasteiger partial charge in [-0.2, -0.15) is 5.10 Å². The summed E-state index contributed by atoms with van der Waals surface area (Å²) in [7, 11) is 1.89. The summed E-state index contributed by atoms with van der Waals surface area (Å²) in [4.78, 5) is 12.3. The number of carbonyl (C=O) groups excluding carboxylic acids is 1. The second-order valence-corrected chi connectivity index (χ2v) is 5.27. The fraction of sp³-hybridized carbons (Fsp3) is 0.692. The van der Waals surface area contributed by atoms with Gasteiger partial charge in [0.2, 0.25) is 5.91 Å². The van der Waals surface area contributed by atoms with Crippen molar-refractivity contribution in [3.05, 3.63) is 17.5 Å². The number of nitrogens with zero attached hydrogens (tertiary/aromatic N) is 2. The van der Waals surface area contributed by atoms with Gasteiger partial charge in [-0.1, -0.05) is 0 Å². The number of hydrogen-bond acceptors (Lipinski definition) is 4. The molecule has 1 saturated heterocycles. The molecule has 1 atom stereocenters. The molecule has 0 bridgehead atoms. The van der Waals surface area contributed by atoms with Crippen LogP contribution in [0.15, 0.2) is 6.20 Å². The van der Waals surface area contributed by atoms with Crippen LogP contribution in [-0.4, -0.2) is 34.4 Å². The average molecular weight is 266 g/mol. The summed E-state index contributed by atoms with van der Waals surface area (Å²) in [5.74, 6) is -0.105. The molecule has 0 aliphatic carbocycles. The van der Waals surface area contributed by atoms with Gasteiger partial charge in [0, 0.05) is 31.5 Å². The van der Waals surface area contributed by atoms with Crippen LogP contribution in [0.1, 0.15) is 37.1 Å². The summed E-state index contributed by atoms with van der Waals surface area (Å²) in [6, 6.07) is -0.0931. The number of nitrogens with one attached hydrogen (secondary N) is 1. The predicted molar refractivity (Wildman–Crippen MR) is 71.5 cm³/mol. The van der Waals surface area contributed by atoms with E-state index in [4.69, 9.17) is 10.5 Å². The first-order valence-corrected chi connectivity index (χ1v) is 6.60. The lowest BCUT2D eigenvalue weighted by Gasteiger charge is -2.32. The Labute approximate surface area is 113 Å². The number of nitrogens with two attached hydrogens (primary N) is 1. The van der Waals surface area contributed by atoms with Crippen molar-refractivity contribution in [2.75, 3.05) is 13.2 Å². The fourth-order valence-corrected chi connectivity index (χ4v) is 2.32. The van der Waals surface area contributed by atoms with E-state index >= 15 is 0 Å². The largest absolute Gasteiger partial charge is 0.381 e. The molecular weight excluding hydrogens is 244 g/mol. The topological polar surface area (TPSA) is 82.2 Å². The quantitative estimate of drug-likeness (QED) is 0.830. The highest BCUT2D eigenvalue weighted by Gasteiger charge is 2.36.